The van der Waals surface area contributed by atoms with Gasteiger partial charge in [0.1, 0.15) is 11.5 Å². The molecule has 3 fully saturated rings. The third kappa shape index (κ3) is 3.37. The van der Waals surface area contributed by atoms with Crippen LogP contribution in [0, 0.1) is 0 Å². The second kappa shape index (κ2) is 7.37. The number of aromatic nitrogens is 2. The predicted octanol–water partition coefficient (Wildman–Crippen LogP) is 1.83. The molecule has 1 unspecified atom stereocenters. The van der Waals surface area contributed by atoms with Crippen LogP contribution in [0.5, 0.6) is 0 Å². The van der Waals surface area contributed by atoms with Gasteiger partial charge in [-0.25, -0.2) is 4.98 Å². The largest absolute Gasteiger partial charge is 0.391 e. The number of carbonyl (C=O) groups is 1. The number of amides is 1. The molecule has 5 rings (SSSR count). The van der Waals surface area contributed by atoms with E-state index < -0.39 is 6.10 Å². The normalized spacial score (nSPS) is 24.5. The van der Waals surface area contributed by atoms with Crippen molar-refractivity contribution >= 4 is 22.6 Å². The van der Waals surface area contributed by atoms with Crippen molar-refractivity contribution in [3.8, 4) is 0 Å². The van der Waals surface area contributed by atoms with E-state index >= 15 is 0 Å². The fraction of sp³-hybridized carbons (Fsp3) is 0.619. The van der Waals surface area contributed by atoms with Crippen molar-refractivity contribution in [1.82, 2.24) is 19.8 Å². The molecule has 150 valence electrons. The van der Waals surface area contributed by atoms with E-state index in [1.807, 2.05) is 12.3 Å². The van der Waals surface area contributed by atoms with E-state index in [2.05, 4.69) is 25.8 Å². The van der Waals surface area contributed by atoms with Gasteiger partial charge in [-0.2, -0.15) is 0 Å². The zero-order chi connectivity index (χ0) is 19.1. The summed E-state index contributed by atoms with van der Waals surface area (Å²) >= 11 is 0. The second-order valence-corrected chi connectivity index (χ2v) is 8.47. The molecule has 2 aliphatic heterocycles. The van der Waals surface area contributed by atoms with Gasteiger partial charge >= 0.3 is 0 Å². The minimum Gasteiger partial charge on any atom is -0.391 e. The maximum absolute atomic E-state index is 12.7. The van der Waals surface area contributed by atoms with Crippen LogP contribution < -0.4 is 4.90 Å². The lowest BCUT2D eigenvalue weighted by atomic mass is 10.2. The predicted molar refractivity (Wildman–Crippen MR) is 109 cm³/mol. The number of aromatic amines is 1. The lowest BCUT2D eigenvalue weighted by molar-refractivity contribution is 0.0760. The number of carbonyl (C=O) groups excluding carboxylic acids is 1. The Morgan fingerprint density at radius 1 is 1.07 bits per heavy atom. The number of fused-ring (bicyclic) bond motifs is 1. The van der Waals surface area contributed by atoms with Crippen LogP contribution in [0.25, 0.3) is 10.9 Å². The molecule has 1 atom stereocenters. The molecular formula is C21H29N5O2. The van der Waals surface area contributed by atoms with Crippen LogP contribution in [-0.2, 0) is 0 Å². The summed E-state index contributed by atoms with van der Waals surface area (Å²) in [6, 6.07) is 4.80. The number of likely N-dealkylation sites (tertiary alicyclic amines) is 1. The number of aliphatic hydroxyl groups excluding tert-OH is 1. The Morgan fingerprint density at radius 3 is 2.57 bits per heavy atom. The molecule has 1 amide bonds. The summed E-state index contributed by atoms with van der Waals surface area (Å²) in [5, 5.41) is 10.7. The molecule has 3 aliphatic rings. The molecule has 2 saturated heterocycles. The Bertz CT molecular complexity index is 852. The molecule has 2 aromatic heterocycles. The zero-order valence-electron chi connectivity index (χ0n) is 16.3. The highest BCUT2D eigenvalue weighted by molar-refractivity contribution is 5.98. The van der Waals surface area contributed by atoms with Gasteiger partial charge in [-0.1, -0.05) is 12.8 Å². The number of piperazine rings is 1. The van der Waals surface area contributed by atoms with Crippen molar-refractivity contribution in [2.75, 3.05) is 44.2 Å². The van der Waals surface area contributed by atoms with E-state index in [0.29, 0.717) is 25.2 Å². The number of pyridine rings is 1. The Balaban J connectivity index is 1.28. The second-order valence-electron chi connectivity index (χ2n) is 8.47. The zero-order valence-corrected chi connectivity index (χ0v) is 16.3. The summed E-state index contributed by atoms with van der Waals surface area (Å²) < 4.78 is 0. The summed E-state index contributed by atoms with van der Waals surface area (Å²) in [5.74, 6) is 0.952. The van der Waals surface area contributed by atoms with Gasteiger partial charge in [0.2, 0.25) is 0 Å². The quantitative estimate of drug-likeness (QED) is 0.846. The summed E-state index contributed by atoms with van der Waals surface area (Å²) in [5.41, 5.74) is 1.46. The first-order chi connectivity index (χ1) is 13.7. The van der Waals surface area contributed by atoms with E-state index in [-0.39, 0.29) is 5.91 Å². The molecule has 7 heteroatoms. The van der Waals surface area contributed by atoms with Crippen LogP contribution in [0.4, 0.5) is 5.82 Å². The van der Waals surface area contributed by atoms with Crippen LogP contribution in [0.15, 0.2) is 18.3 Å². The van der Waals surface area contributed by atoms with E-state index in [1.54, 1.807) is 4.90 Å². The highest BCUT2D eigenvalue weighted by Gasteiger charge is 2.28. The summed E-state index contributed by atoms with van der Waals surface area (Å²) in [6.45, 7) is 5.28. The molecule has 4 heterocycles. The van der Waals surface area contributed by atoms with E-state index in [9.17, 15) is 9.90 Å². The number of β-amino-alcohol motifs (C(OH)–C–C–N with tert-alkyl or cyclic N) is 1. The highest BCUT2D eigenvalue weighted by Crippen LogP contribution is 2.26. The van der Waals surface area contributed by atoms with Gasteiger partial charge in [0, 0.05) is 50.7 Å². The maximum atomic E-state index is 12.7. The van der Waals surface area contributed by atoms with E-state index in [4.69, 9.17) is 0 Å². The molecule has 0 aromatic carbocycles. The smallest absolute Gasteiger partial charge is 0.270 e. The van der Waals surface area contributed by atoms with Gasteiger partial charge in [0.25, 0.3) is 5.91 Å². The number of anilines is 1. The topological polar surface area (TPSA) is 75.7 Å². The first-order valence-electron chi connectivity index (χ1n) is 10.6. The Kier molecular flexibility index (Phi) is 4.72. The van der Waals surface area contributed by atoms with Crippen molar-refractivity contribution in [2.24, 2.45) is 0 Å². The Morgan fingerprint density at radius 2 is 1.86 bits per heavy atom. The number of nitrogens with one attached hydrogen (secondary N) is 1. The highest BCUT2D eigenvalue weighted by atomic mass is 16.3. The van der Waals surface area contributed by atoms with Gasteiger partial charge in [0.05, 0.1) is 17.8 Å². The van der Waals surface area contributed by atoms with Crippen molar-refractivity contribution in [3.05, 3.63) is 24.0 Å². The third-order valence-electron chi connectivity index (χ3n) is 6.65. The molecule has 2 N–H and O–H groups in total. The molecular weight excluding hydrogens is 354 g/mol. The first kappa shape index (κ1) is 17.9. The molecule has 28 heavy (non-hydrogen) atoms. The van der Waals surface area contributed by atoms with Gasteiger partial charge in [-0.05, 0) is 31.4 Å². The van der Waals surface area contributed by atoms with Crippen molar-refractivity contribution in [2.45, 2.75) is 44.2 Å². The van der Waals surface area contributed by atoms with Crippen LogP contribution >= 0.6 is 0 Å². The maximum Gasteiger partial charge on any atom is 0.270 e. The summed E-state index contributed by atoms with van der Waals surface area (Å²) in [6.07, 6.45) is 7.58. The number of nitrogens with zero attached hydrogens (tertiary/aromatic N) is 4. The number of H-pyrrole nitrogens is 1. The van der Waals surface area contributed by atoms with Crippen molar-refractivity contribution < 1.29 is 9.90 Å². The lowest BCUT2D eigenvalue weighted by Crippen LogP contribution is -2.49. The molecule has 2 aromatic rings. The molecule has 0 bridgehead atoms. The number of hydrogen-bond donors (Lipinski definition) is 2. The average molecular weight is 383 g/mol. The molecule has 7 nitrogen and oxygen atoms in total. The third-order valence-corrected chi connectivity index (χ3v) is 6.65. The SMILES string of the molecule is O=C(c1cc2cc(N3CCN(C4CCCC4)CC3)ncc2[nH]1)N1CCC(O)C1. The minimum absolute atomic E-state index is 0.0422. The van der Waals surface area contributed by atoms with Gasteiger partial charge < -0.3 is 19.9 Å². The summed E-state index contributed by atoms with van der Waals surface area (Å²) in [4.78, 5) is 27.2. The molecule has 0 radical (unpaired) electrons. The average Bonchev–Trinajstić information content (AvgIpc) is 3.47. The molecule has 1 saturated carbocycles. The van der Waals surface area contributed by atoms with Crippen molar-refractivity contribution in [1.29, 1.82) is 0 Å². The monoisotopic (exact) mass is 383 g/mol. The lowest BCUT2D eigenvalue weighted by Gasteiger charge is -2.38. The molecule has 0 spiro atoms. The van der Waals surface area contributed by atoms with Crippen LogP contribution in [-0.4, -0.2) is 82.2 Å². The fourth-order valence-corrected chi connectivity index (χ4v) is 4.99. The van der Waals surface area contributed by atoms with E-state index in [0.717, 1.165) is 48.9 Å². The van der Waals surface area contributed by atoms with Gasteiger partial charge in [-0.15, -0.1) is 0 Å². The van der Waals surface area contributed by atoms with Gasteiger partial charge in [0.15, 0.2) is 0 Å². The van der Waals surface area contributed by atoms with Crippen LogP contribution in [0.1, 0.15) is 42.6 Å². The number of rotatable bonds is 3. The van der Waals surface area contributed by atoms with Crippen molar-refractivity contribution in [3.63, 3.8) is 0 Å². The standard InChI is InChI=1S/C21H29N5O2/c27-17-5-6-26(14-17)21(28)18-11-15-12-20(22-13-19(15)23-18)25-9-7-24(8-10-25)16-3-1-2-4-16/h11-13,16-17,23,27H,1-10,14H2. The van der Waals surface area contributed by atoms with Gasteiger partial charge in [-0.3, -0.25) is 9.69 Å². The minimum atomic E-state index is -0.399. The molecule has 1 aliphatic carbocycles. The first-order valence-corrected chi connectivity index (χ1v) is 10.6. The van der Waals surface area contributed by atoms with Crippen LogP contribution in [0.2, 0.25) is 0 Å². The Labute approximate surface area is 165 Å². The Hall–Kier alpha value is -2.12. The summed E-state index contributed by atoms with van der Waals surface area (Å²) in [7, 11) is 0. The fourth-order valence-electron chi connectivity index (χ4n) is 4.99. The van der Waals surface area contributed by atoms with E-state index in [1.165, 1.54) is 25.7 Å². The number of hydrogen-bond acceptors (Lipinski definition) is 5. The van der Waals surface area contributed by atoms with Crippen LogP contribution in [0.3, 0.4) is 0 Å². The number of aliphatic hydroxyl groups is 1.